The maximum absolute atomic E-state index is 13.8. The molecule has 96 valence electrons. The number of nitrogens with one attached hydrogen (secondary N) is 1. The van der Waals surface area contributed by atoms with E-state index in [0.29, 0.717) is 12.3 Å². The Kier molecular flexibility index (Phi) is 4.10. The van der Waals surface area contributed by atoms with Crippen molar-refractivity contribution in [2.75, 3.05) is 6.54 Å². The van der Waals surface area contributed by atoms with E-state index in [-0.39, 0.29) is 5.56 Å². The zero-order chi connectivity index (χ0) is 13.0. The zero-order valence-electron chi connectivity index (χ0n) is 10.1. The first kappa shape index (κ1) is 12.8. The van der Waals surface area contributed by atoms with Gasteiger partial charge < -0.3 is 9.73 Å². The van der Waals surface area contributed by atoms with Gasteiger partial charge >= 0.3 is 0 Å². The molecule has 18 heavy (non-hydrogen) atoms. The topological polar surface area (TPSA) is 25.2 Å². The highest BCUT2D eigenvalue weighted by Crippen LogP contribution is 2.26. The Morgan fingerprint density at radius 1 is 1.22 bits per heavy atom. The molecule has 0 bridgehead atoms. The maximum atomic E-state index is 13.8. The van der Waals surface area contributed by atoms with Crippen LogP contribution in [0.25, 0.3) is 0 Å². The molecule has 1 N–H and O–H groups in total. The van der Waals surface area contributed by atoms with Crippen molar-refractivity contribution in [1.82, 2.24) is 5.32 Å². The highest BCUT2D eigenvalue weighted by atomic mass is 19.2. The first-order valence-electron chi connectivity index (χ1n) is 5.94. The van der Waals surface area contributed by atoms with Crippen molar-refractivity contribution in [2.24, 2.45) is 0 Å². The third-order valence-electron chi connectivity index (χ3n) is 2.72. The van der Waals surface area contributed by atoms with E-state index in [4.69, 9.17) is 4.42 Å². The fraction of sp³-hybridized carbons (Fsp3) is 0.286. The fourth-order valence-corrected chi connectivity index (χ4v) is 1.85. The van der Waals surface area contributed by atoms with E-state index in [2.05, 4.69) is 5.32 Å². The van der Waals surface area contributed by atoms with Gasteiger partial charge in [0.15, 0.2) is 11.6 Å². The second-order valence-corrected chi connectivity index (χ2v) is 4.05. The largest absolute Gasteiger partial charge is 0.467 e. The molecule has 0 spiro atoms. The number of hydrogen-bond acceptors (Lipinski definition) is 2. The van der Waals surface area contributed by atoms with Crippen LogP contribution >= 0.6 is 0 Å². The zero-order valence-corrected chi connectivity index (χ0v) is 10.1. The summed E-state index contributed by atoms with van der Waals surface area (Å²) in [6.45, 7) is 2.70. The van der Waals surface area contributed by atoms with Crippen LogP contribution in [-0.4, -0.2) is 6.54 Å². The van der Waals surface area contributed by atoms with Gasteiger partial charge in [0.2, 0.25) is 0 Å². The third kappa shape index (κ3) is 2.59. The molecular weight excluding hydrogens is 236 g/mol. The van der Waals surface area contributed by atoms with E-state index in [1.165, 1.54) is 12.3 Å². The molecule has 2 rings (SSSR count). The van der Waals surface area contributed by atoms with Gasteiger partial charge in [0.05, 0.1) is 12.3 Å². The Morgan fingerprint density at radius 2 is 2.06 bits per heavy atom. The number of rotatable bonds is 5. The average Bonchev–Trinajstić information content (AvgIpc) is 2.88. The average molecular weight is 251 g/mol. The van der Waals surface area contributed by atoms with E-state index in [0.717, 1.165) is 12.5 Å². The van der Waals surface area contributed by atoms with Crippen molar-refractivity contribution < 1.29 is 13.2 Å². The van der Waals surface area contributed by atoms with Gasteiger partial charge in [-0.1, -0.05) is 19.1 Å². The van der Waals surface area contributed by atoms with Gasteiger partial charge in [-0.15, -0.1) is 0 Å². The second-order valence-electron chi connectivity index (χ2n) is 4.05. The van der Waals surface area contributed by atoms with Gasteiger partial charge in [0.1, 0.15) is 5.76 Å². The van der Waals surface area contributed by atoms with Gasteiger partial charge in [-0.05, 0) is 31.2 Å². The molecule has 2 nitrogen and oxygen atoms in total. The van der Waals surface area contributed by atoms with Crippen molar-refractivity contribution >= 4 is 0 Å². The van der Waals surface area contributed by atoms with Gasteiger partial charge in [-0.3, -0.25) is 0 Å². The smallest absolute Gasteiger partial charge is 0.164 e. The molecular formula is C14H15F2NO. The normalized spacial score (nSPS) is 12.6. The summed E-state index contributed by atoms with van der Waals surface area (Å²) in [4.78, 5) is 0. The third-order valence-corrected chi connectivity index (χ3v) is 2.72. The summed E-state index contributed by atoms with van der Waals surface area (Å²) >= 11 is 0. The van der Waals surface area contributed by atoms with E-state index in [1.54, 1.807) is 18.2 Å². The van der Waals surface area contributed by atoms with E-state index in [9.17, 15) is 8.78 Å². The Hall–Kier alpha value is -1.68. The molecule has 0 aliphatic carbocycles. The van der Waals surface area contributed by atoms with Gasteiger partial charge in [-0.25, -0.2) is 8.78 Å². The Balaban J connectivity index is 2.37. The van der Waals surface area contributed by atoms with Crippen LogP contribution in [0, 0.1) is 11.6 Å². The molecule has 0 aliphatic heterocycles. The highest BCUT2D eigenvalue weighted by molar-refractivity contribution is 5.28. The lowest BCUT2D eigenvalue weighted by Crippen LogP contribution is -2.24. The van der Waals surface area contributed by atoms with E-state index >= 15 is 0 Å². The first-order chi connectivity index (χ1) is 8.74. The lowest BCUT2D eigenvalue weighted by atomic mass is 10.0. The predicted octanol–water partition coefficient (Wildman–Crippen LogP) is 3.65. The van der Waals surface area contributed by atoms with Crippen LogP contribution in [0.1, 0.15) is 30.7 Å². The van der Waals surface area contributed by atoms with Gasteiger partial charge in [-0.2, -0.15) is 0 Å². The molecule has 1 atom stereocenters. The number of halogens is 2. The molecule has 1 heterocycles. The summed E-state index contributed by atoms with van der Waals surface area (Å²) in [7, 11) is 0. The number of furan rings is 1. The first-order valence-corrected chi connectivity index (χ1v) is 5.94. The summed E-state index contributed by atoms with van der Waals surface area (Å²) in [5.41, 5.74) is 0.262. The van der Waals surface area contributed by atoms with Crippen LogP contribution < -0.4 is 5.32 Å². The molecule has 1 aromatic heterocycles. The standard InChI is InChI=1S/C14H15F2NO/c1-2-8-17-14(12-7-4-9-18-12)10-5-3-6-11(15)13(10)16/h3-7,9,14,17H,2,8H2,1H3. The minimum atomic E-state index is -0.845. The minimum absolute atomic E-state index is 0.262. The maximum Gasteiger partial charge on any atom is 0.164 e. The monoisotopic (exact) mass is 251 g/mol. The minimum Gasteiger partial charge on any atom is -0.467 e. The molecule has 4 heteroatoms. The summed E-state index contributed by atoms with van der Waals surface area (Å²) in [6.07, 6.45) is 2.42. The fourth-order valence-electron chi connectivity index (χ4n) is 1.85. The number of hydrogen-bond donors (Lipinski definition) is 1. The van der Waals surface area contributed by atoms with Gasteiger partial charge in [0, 0.05) is 5.56 Å². The SMILES string of the molecule is CCCNC(c1ccco1)c1cccc(F)c1F. The van der Waals surface area contributed by atoms with Crippen molar-refractivity contribution in [1.29, 1.82) is 0 Å². The molecule has 0 saturated heterocycles. The lowest BCUT2D eigenvalue weighted by molar-refractivity contribution is 0.425. The van der Waals surface area contributed by atoms with Crippen LogP contribution in [0.4, 0.5) is 8.78 Å². The van der Waals surface area contributed by atoms with Crippen molar-refractivity contribution in [3.05, 3.63) is 59.6 Å². The molecule has 0 aliphatic rings. The molecule has 0 saturated carbocycles. The Bertz CT molecular complexity index is 497. The second kappa shape index (κ2) is 5.78. The van der Waals surface area contributed by atoms with Gasteiger partial charge in [0.25, 0.3) is 0 Å². The molecule has 2 aromatic rings. The highest BCUT2D eigenvalue weighted by Gasteiger charge is 2.21. The van der Waals surface area contributed by atoms with Crippen molar-refractivity contribution in [3.8, 4) is 0 Å². The predicted molar refractivity (Wildman–Crippen MR) is 65.2 cm³/mol. The quantitative estimate of drug-likeness (QED) is 0.877. The van der Waals surface area contributed by atoms with Crippen molar-refractivity contribution in [2.45, 2.75) is 19.4 Å². The summed E-state index contributed by atoms with van der Waals surface area (Å²) in [5, 5.41) is 3.16. The van der Waals surface area contributed by atoms with E-state index in [1.807, 2.05) is 6.92 Å². The number of benzene rings is 1. The lowest BCUT2D eigenvalue weighted by Gasteiger charge is -2.17. The summed E-state index contributed by atoms with van der Waals surface area (Å²) in [5.74, 6) is -1.10. The Labute approximate surface area is 105 Å². The molecule has 0 radical (unpaired) electrons. The van der Waals surface area contributed by atoms with Crippen LogP contribution in [0.3, 0.4) is 0 Å². The summed E-state index contributed by atoms with van der Waals surface area (Å²) in [6, 6.07) is 7.18. The van der Waals surface area contributed by atoms with E-state index < -0.39 is 17.7 Å². The molecule has 0 fully saturated rings. The van der Waals surface area contributed by atoms with Crippen LogP contribution in [0.2, 0.25) is 0 Å². The van der Waals surface area contributed by atoms with Crippen LogP contribution in [0.15, 0.2) is 41.0 Å². The molecule has 1 aromatic carbocycles. The molecule has 0 amide bonds. The van der Waals surface area contributed by atoms with Crippen LogP contribution in [0.5, 0.6) is 0 Å². The summed E-state index contributed by atoms with van der Waals surface area (Å²) < 4.78 is 32.4. The molecule has 1 unspecified atom stereocenters. The Morgan fingerprint density at radius 3 is 2.72 bits per heavy atom. The van der Waals surface area contributed by atoms with Crippen molar-refractivity contribution in [3.63, 3.8) is 0 Å². The van der Waals surface area contributed by atoms with Crippen LogP contribution in [-0.2, 0) is 0 Å².